The molecule has 1 saturated heterocycles. The van der Waals surface area contributed by atoms with Crippen molar-refractivity contribution in [1.82, 2.24) is 5.32 Å². The summed E-state index contributed by atoms with van der Waals surface area (Å²) < 4.78 is 38.1. The van der Waals surface area contributed by atoms with Crippen molar-refractivity contribution in [2.24, 2.45) is 4.99 Å². The van der Waals surface area contributed by atoms with E-state index in [1.165, 1.54) is 23.5 Å². The zero-order valence-electron chi connectivity index (χ0n) is 11.4. The molecule has 23 heavy (non-hydrogen) atoms. The fourth-order valence-corrected chi connectivity index (χ4v) is 3.32. The van der Waals surface area contributed by atoms with Crippen molar-refractivity contribution >= 4 is 45.9 Å². The summed E-state index contributed by atoms with van der Waals surface area (Å²) in [6.45, 7) is 0. The molecule has 2 heterocycles. The Labute approximate surface area is 137 Å². The predicted octanol–water partition coefficient (Wildman–Crippen LogP) is 4.66. The van der Waals surface area contributed by atoms with Gasteiger partial charge in [0.15, 0.2) is 5.17 Å². The van der Waals surface area contributed by atoms with Gasteiger partial charge in [0.05, 0.1) is 16.2 Å². The summed E-state index contributed by atoms with van der Waals surface area (Å²) >= 11 is 2.61. The minimum Gasteiger partial charge on any atom is -0.300 e. The highest BCUT2D eigenvalue weighted by Gasteiger charge is 2.30. The smallest absolute Gasteiger partial charge is 0.300 e. The Bertz CT molecular complexity index is 795. The zero-order valence-corrected chi connectivity index (χ0v) is 13.1. The minimum atomic E-state index is -4.42. The van der Waals surface area contributed by atoms with Gasteiger partial charge in [-0.1, -0.05) is 6.07 Å². The summed E-state index contributed by atoms with van der Waals surface area (Å²) in [5.74, 6) is -0.313. The van der Waals surface area contributed by atoms with Crippen LogP contribution in [0.5, 0.6) is 0 Å². The van der Waals surface area contributed by atoms with Gasteiger partial charge in [-0.15, -0.1) is 0 Å². The van der Waals surface area contributed by atoms with Gasteiger partial charge in [-0.05, 0) is 58.4 Å². The van der Waals surface area contributed by atoms with E-state index in [9.17, 15) is 18.0 Å². The van der Waals surface area contributed by atoms with E-state index in [1.54, 1.807) is 6.08 Å². The molecule has 0 atom stereocenters. The third-order valence-electron chi connectivity index (χ3n) is 2.90. The number of nitrogens with zero attached hydrogens (tertiary/aromatic N) is 1. The van der Waals surface area contributed by atoms with Crippen LogP contribution in [-0.2, 0) is 11.0 Å². The van der Waals surface area contributed by atoms with E-state index in [-0.39, 0.29) is 16.8 Å². The van der Waals surface area contributed by atoms with Crippen molar-refractivity contribution in [1.29, 1.82) is 0 Å². The molecule has 1 N–H and O–H groups in total. The van der Waals surface area contributed by atoms with Crippen LogP contribution in [0.1, 0.15) is 11.1 Å². The number of halogens is 3. The number of aliphatic imine (C=N–C) groups is 1. The molecule has 3 rings (SSSR count). The quantitative estimate of drug-likeness (QED) is 0.797. The molecular formula is C15H9F3N2OS2. The van der Waals surface area contributed by atoms with Gasteiger partial charge in [-0.3, -0.25) is 4.79 Å². The molecule has 1 aliphatic rings. The molecule has 0 spiro atoms. The van der Waals surface area contributed by atoms with Gasteiger partial charge >= 0.3 is 6.18 Å². The Balaban J connectivity index is 1.83. The molecule has 118 valence electrons. The van der Waals surface area contributed by atoms with E-state index >= 15 is 0 Å². The third kappa shape index (κ3) is 3.83. The second-order valence-electron chi connectivity index (χ2n) is 4.59. The zero-order chi connectivity index (χ0) is 16.4. The Morgan fingerprint density at radius 1 is 1.22 bits per heavy atom. The monoisotopic (exact) mass is 354 g/mol. The van der Waals surface area contributed by atoms with Crippen LogP contribution in [0.25, 0.3) is 6.08 Å². The van der Waals surface area contributed by atoms with Crippen LogP contribution >= 0.6 is 23.1 Å². The number of amidine groups is 1. The van der Waals surface area contributed by atoms with Crippen molar-refractivity contribution in [3.63, 3.8) is 0 Å². The molecule has 3 nitrogen and oxygen atoms in total. The van der Waals surface area contributed by atoms with Crippen LogP contribution < -0.4 is 5.32 Å². The van der Waals surface area contributed by atoms with Gasteiger partial charge in [-0.25, -0.2) is 4.99 Å². The first-order chi connectivity index (χ1) is 10.9. The van der Waals surface area contributed by atoms with Gasteiger partial charge in [0.1, 0.15) is 0 Å². The fraction of sp³-hybridized carbons (Fsp3) is 0.0667. The van der Waals surface area contributed by atoms with E-state index in [4.69, 9.17) is 0 Å². The minimum absolute atomic E-state index is 0.138. The maximum Gasteiger partial charge on any atom is 0.416 e. The van der Waals surface area contributed by atoms with E-state index in [0.29, 0.717) is 4.91 Å². The van der Waals surface area contributed by atoms with Crippen LogP contribution in [0.2, 0.25) is 0 Å². The molecular weight excluding hydrogens is 345 g/mol. The average Bonchev–Trinajstić information content (AvgIpc) is 3.10. The van der Waals surface area contributed by atoms with Crippen LogP contribution in [0, 0.1) is 0 Å². The van der Waals surface area contributed by atoms with Crippen LogP contribution in [0.4, 0.5) is 18.9 Å². The summed E-state index contributed by atoms with van der Waals surface area (Å²) in [7, 11) is 0. The first-order valence-corrected chi connectivity index (χ1v) is 8.17. The number of carbonyl (C=O) groups is 1. The van der Waals surface area contributed by atoms with Gasteiger partial charge in [-0.2, -0.15) is 24.5 Å². The number of thiophene rings is 1. The van der Waals surface area contributed by atoms with E-state index < -0.39 is 11.7 Å². The molecule has 1 aromatic carbocycles. The molecule has 1 aromatic heterocycles. The molecule has 0 aliphatic carbocycles. The number of thioether (sulfide) groups is 1. The van der Waals surface area contributed by atoms with Crippen LogP contribution in [-0.4, -0.2) is 11.1 Å². The summed E-state index contributed by atoms with van der Waals surface area (Å²) in [5.41, 5.74) is 0.259. The van der Waals surface area contributed by atoms with Gasteiger partial charge in [0.2, 0.25) is 0 Å². The van der Waals surface area contributed by atoms with Crippen molar-refractivity contribution in [3.05, 3.63) is 57.1 Å². The molecule has 0 saturated carbocycles. The Morgan fingerprint density at radius 3 is 2.74 bits per heavy atom. The summed E-state index contributed by atoms with van der Waals surface area (Å²) in [6.07, 6.45) is -2.71. The fourth-order valence-electron chi connectivity index (χ4n) is 1.86. The molecule has 1 amide bonds. The Kier molecular flexibility index (Phi) is 4.27. The lowest BCUT2D eigenvalue weighted by Crippen LogP contribution is -2.19. The first-order valence-electron chi connectivity index (χ1n) is 6.41. The highest BCUT2D eigenvalue weighted by Crippen LogP contribution is 2.33. The highest BCUT2D eigenvalue weighted by atomic mass is 32.2. The molecule has 8 heteroatoms. The third-order valence-corrected chi connectivity index (χ3v) is 4.51. The number of rotatable bonds is 2. The summed E-state index contributed by atoms with van der Waals surface area (Å²) in [4.78, 5) is 16.4. The van der Waals surface area contributed by atoms with Gasteiger partial charge < -0.3 is 5.32 Å². The van der Waals surface area contributed by atoms with E-state index in [0.717, 1.165) is 29.5 Å². The predicted molar refractivity (Wildman–Crippen MR) is 86.6 cm³/mol. The molecule has 1 fully saturated rings. The molecule has 1 aliphatic heterocycles. The normalized spacial score (nSPS) is 18.7. The van der Waals surface area contributed by atoms with E-state index in [2.05, 4.69) is 10.3 Å². The molecule has 0 bridgehead atoms. The van der Waals surface area contributed by atoms with Gasteiger partial charge in [0.25, 0.3) is 5.91 Å². The SMILES string of the molecule is O=C1NC(=Nc2cccc(C(F)(F)F)c2)S/C1=C\c1ccsc1. The second-order valence-corrected chi connectivity index (χ2v) is 6.40. The second kappa shape index (κ2) is 6.21. The average molecular weight is 354 g/mol. The number of benzene rings is 1. The van der Waals surface area contributed by atoms with Crippen molar-refractivity contribution in [2.75, 3.05) is 0 Å². The summed E-state index contributed by atoms with van der Waals surface area (Å²) in [6, 6.07) is 6.53. The van der Waals surface area contributed by atoms with Crippen LogP contribution in [0.3, 0.4) is 0 Å². The van der Waals surface area contributed by atoms with Crippen molar-refractivity contribution in [2.45, 2.75) is 6.18 Å². The number of hydrogen-bond donors (Lipinski definition) is 1. The maximum absolute atomic E-state index is 12.7. The largest absolute Gasteiger partial charge is 0.416 e. The highest BCUT2D eigenvalue weighted by molar-refractivity contribution is 8.18. The Hall–Kier alpha value is -2.06. The van der Waals surface area contributed by atoms with Crippen LogP contribution in [0.15, 0.2) is 51.0 Å². The number of amides is 1. The van der Waals surface area contributed by atoms with Gasteiger partial charge in [0, 0.05) is 0 Å². The molecule has 2 aromatic rings. The topological polar surface area (TPSA) is 41.5 Å². The summed E-state index contributed by atoms with van der Waals surface area (Å²) in [5, 5.41) is 6.59. The number of alkyl halides is 3. The van der Waals surface area contributed by atoms with Crippen molar-refractivity contribution < 1.29 is 18.0 Å². The first kappa shape index (κ1) is 15.8. The lowest BCUT2D eigenvalue weighted by atomic mass is 10.2. The number of nitrogens with one attached hydrogen (secondary N) is 1. The lowest BCUT2D eigenvalue weighted by Gasteiger charge is -2.06. The molecule has 0 unspecified atom stereocenters. The number of carbonyl (C=O) groups excluding carboxylic acids is 1. The Morgan fingerprint density at radius 2 is 2.04 bits per heavy atom. The van der Waals surface area contributed by atoms with Crippen molar-refractivity contribution in [3.8, 4) is 0 Å². The van der Waals surface area contributed by atoms with E-state index in [1.807, 2.05) is 16.8 Å². The number of hydrogen-bond acceptors (Lipinski definition) is 4. The lowest BCUT2D eigenvalue weighted by molar-refractivity contribution is -0.137. The maximum atomic E-state index is 12.7. The molecule has 0 radical (unpaired) electrons. The standard InChI is InChI=1S/C15H9F3N2OS2/c16-15(17,18)10-2-1-3-11(7-10)19-14-20-13(21)12(23-14)6-9-4-5-22-8-9/h1-8H,(H,19,20,21)/b12-6-.